The lowest BCUT2D eigenvalue weighted by Crippen LogP contribution is -2.36. The molecule has 1 N–H and O–H groups in total. The number of hydrogen-bond acceptors (Lipinski definition) is 4. The number of Topliss-reactive ketones (excluding diaryl/α,β-unsaturated/α-hetero) is 1. The lowest BCUT2D eigenvalue weighted by atomic mass is 9.95. The number of aliphatic hydroxyl groups is 1. The number of aliphatic hydroxyl groups excluding tert-OH is 1. The Balaban J connectivity index is 1.81. The van der Waals surface area contributed by atoms with Crippen LogP contribution in [-0.2, 0) is 14.3 Å². The molecule has 5 nitrogen and oxygen atoms in total. The molecule has 0 radical (unpaired) electrons. The van der Waals surface area contributed by atoms with Crippen molar-refractivity contribution in [2.45, 2.75) is 31.9 Å². The van der Waals surface area contributed by atoms with Gasteiger partial charge in [0.2, 0.25) is 0 Å². The van der Waals surface area contributed by atoms with Crippen LogP contribution in [0, 0.1) is 6.92 Å². The van der Waals surface area contributed by atoms with Crippen molar-refractivity contribution in [2.75, 3.05) is 13.2 Å². The van der Waals surface area contributed by atoms with Gasteiger partial charge in [-0.25, -0.2) is 0 Å². The molecule has 2 aliphatic rings. The first-order valence-corrected chi connectivity index (χ1v) is 10.1. The minimum Gasteiger partial charge on any atom is -0.507 e. The molecule has 0 aliphatic carbocycles. The van der Waals surface area contributed by atoms with Crippen molar-refractivity contribution in [3.63, 3.8) is 0 Å². The number of rotatable bonds is 4. The Hall–Kier alpha value is -2.63. The summed E-state index contributed by atoms with van der Waals surface area (Å²) < 4.78 is 5.69. The second-order valence-electron chi connectivity index (χ2n) is 7.50. The van der Waals surface area contributed by atoms with Crippen LogP contribution < -0.4 is 0 Å². The van der Waals surface area contributed by atoms with Crippen LogP contribution >= 0.6 is 11.6 Å². The predicted molar refractivity (Wildman–Crippen MR) is 111 cm³/mol. The quantitative estimate of drug-likeness (QED) is 0.464. The molecule has 0 spiro atoms. The number of carbonyl (C=O) groups is 2. The van der Waals surface area contributed by atoms with Crippen molar-refractivity contribution in [3.8, 4) is 0 Å². The highest BCUT2D eigenvalue weighted by Gasteiger charge is 2.47. The molecule has 2 unspecified atom stereocenters. The number of aryl methyl sites for hydroxylation is 1. The van der Waals surface area contributed by atoms with Crippen LogP contribution in [0.3, 0.4) is 0 Å². The first-order chi connectivity index (χ1) is 14.0. The number of halogens is 1. The summed E-state index contributed by atoms with van der Waals surface area (Å²) in [6.07, 6.45) is 1.67. The average molecular weight is 412 g/mol. The van der Waals surface area contributed by atoms with Gasteiger partial charge < -0.3 is 14.7 Å². The highest BCUT2D eigenvalue weighted by molar-refractivity contribution is 6.46. The Morgan fingerprint density at radius 3 is 2.45 bits per heavy atom. The summed E-state index contributed by atoms with van der Waals surface area (Å²) in [7, 11) is 0. The topological polar surface area (TPSA) is 66.8 Å². The third-order valence-corrected chi connectivity index (χ3v) is 5.73. The summed E-state index contributed by atoms with van der Waals surface area (Å²) >= 11 is 6.03. The third kappa shape index (κ3) is 3.80. The van der Waals surface area contributed by atoms with E-state index < -0.39 is 17.7 Å². The number of carbonyl (C=O) groups excluding carboxylic acids is 2. The monoisotopic (exact) mass is 411 g/mol. The van der Waals surface area contributed by atoms with Gasteiger partial charge in [-0.3, -0.25) is 9.59 Å². The number of likely N-dealkylation sites (tertiary alicyclic amines) is 1. The van der Waals surface area contributed by atoms with Gasteiger partial charge in [-0.05, 0) is 37.5 Å². The van der Waals surface area contributed by atoms with Crippen LogP contribution in [0.2, 0.25) is 5.02 Å². The van der Waals surface area contributed by atoms with Crippen LogP contribution in [0.25, 0.3) is 5.76 Å². The Bertz CT molecular complexity index is 959. The molecule has 2 aromatic rings. The normalized spacial score (nSPS) is 23.7. The van der Waals surface area contributed by atoms with E-state index in [-0.39, 0.29) is 17.4 Å². The fraction of sp³-hybridized carbons (Fsp3) is 0.304. The SMILES string of the molecule is Cc1ccc(/C(O)=C2\C(=O)C(=O)N(CC3CCCO3)C2c2ccc(Cl)cc2)cc1. The van der Waals surface area contributed by atoms with E-state index >= 15 is 0 Å². The molecule has 2 heterocycles. The number of nitrogens with zero attached hydrogens (tertiary/aromatic N) is 1. The molecule has 1 amide bonds. The molecular weight excluding hydrogens is 390 g/mol. The molecule has 2 aliphatic heterocycles. The molecule has 0 bridgehead atoms. The molecule has 29 heavy (non-hydrogen) atoms. The maximum atomic E-state index is 12.9. The lowest BCUT2D eigenvalue weighted by molar-refractivity contribution is -0.140. The summed E-state index contributed by atoms with van der Waals surface area (Å²) in [6, 6.07) is 13.5. The maximum Gasteiger partial charge on any atom is 0.295 e. The first-order valence-electron chi connectivity index (χ1n) is 9.68. The fourth-order valence-electron chi connectivity index (χ4n) is 3.93. The highest BCUT2D eigenvalue weighted by Crippen LogP contribution is 2.40. The minimum absolute atomic E-state index is 0.0965. The van der Waals surface area contributed by atoms with Crippen molar-refractivity contribution in [1.29, 1.82) is 0 Å². The molecule has 6 heteroatoms. The summed E-state index contributed by atoms with van der Waals surface area (Å²) in [5.41, 5.74) is 2.36. The van der Waals surface area contributed by atoms with Crippen molar-refractivity contribution >= 4 is 29.1 Å². The average Bonchev–Trinajstić information content (AvgIpc) is 3.31. The van der Waals surface area contributed by atoms with Gasteiger partial charge in [0.15, 0.2) is 0 Å². The van der Waals surface area contributed by atoms with E-state index in [0.717, 1.165) is 24.0 Å². The second kappa shape index (κ2) is 8.01. The smallest absolute Gasteiger partial charge is 0.295 e. The summed E-state index contributed by atoms with van der Waals surface area (Å²) in [5.74, 6) is -1.46. The molecule has 0 saturated carbocycles. The number of benzene rings is 2. The molecule has 2 atom stereocenters. The molecule has 2 aromatic carbocycles. The fourth-order valence-corrected chi connectivity index (χ4v) is 4.06. The van der Waals surface area contributed by atoms with E-state index in [2.05, 4.69) is 0 Å². The van der Waals surface area contributed by atoms with Gasteiger partial charge in [-0.15, -0.1) is 0 Å². The highest BCUT2D eigenvalue weighted by atomic mass is 35.5. The van der Waals surface area contributed by atoms with Gasteiger partial charge in [0.1, 0.15) is 5.76 Å². The summed E-state index contributed by atoms with van der Waals surface area (Å²) in [5, 5.41) is 11.5. The van der Waals surface area contributed by atoms with Gasteiger partial charge in [-0.1, -0.05) is 53.6 Å². The summed E-state index contributed by atoms with van der Waals surface area (Å²) in [4.78, 5) is 27.4. The predicted octanol–water partition coefficient (Wildman–Crippen LogP) is 4.25. The van der Waals surface area contributed by atoms with Crippen LogP contribution in [0.15, 0.2) is 54.1 Å². The van der Waals surface area contributed by atoms with E-state index in [1.165, 1.54) is 4.90 Å². The Labute approximate surface area is 174 Å². The van der Waals surface area contributed by atoms with Gasteiger partial charge in [0.05, 0.1) is 17.7 Å². The van der Waals surface area contributed by atoms with Crippen LogP contribution in [0.4, 0.5) is 0 Å². The maximum absolute atomic E-state index is 12.9. The zero-order chi connectivity index (χ0) is 20.5. The molecule has 150 valence electrons. The van der Waals surface area contributed by atoms with Crippen molar-refractivity contribution in [3.05, 3.63) is 75.8 Å². The Morgan fingerprint density at radius 2 is 1.83 bits per heavy atom. The summed E-state index contributed by atoms with van der Waals surface area (Å²) in [6.45, 7) is 2.91. The van der Waals surface area contributed by atoms with Gasteiger partial charge in [0, 0.05) is 23.7 Å². The number of ketones is 1. The van der Waals surface area contributed by atoms with E-state index in [9.17, 15) is 14.7 Å². The standard InChI is InChI=1S/C23H22ClNO4/c1-14-4-6-16(7-5-14)21(26)19-20(15-8-10-17(24)11-9-15)25(23(28)22(19)27)13-18-3-2-12-29-18/h4-11,18,20,26H,2-3,12-13H2,1H3/b21-19+. The zero-order valence-electron chi connectivity index (χ0n) is 16.1. The lowest BCUT2D eigenvalue weighted by Gasteiger charge is -2.27. The first kappa shape index (κ1) is 19.7. The van der Waals surface area contributed by atoms with E-state index in [1.807, 2.05) is 19.1 Å². The number of ether oxygens (including phenoxy) is 1. The van der Waals surface area contributed by atoms with Crippen LogP contribution in [-0.4, -0.2) is 41.0 Å². The van der Waals surface area contributed by atoms with Crippen LogP contribution in [0.5, 0.6) is 0 Å². The molecule has 4 rings (SSSR count). The van der Waals surface area contributed by atoms with Crippen molar-refractivity contribution in [2.24, 2.45) is 0 Å². The zero-order valence-corrected chi connectivity index (χ0v) is 16.9. The number of amides is 1. The largest absolute Gasteiger partial charge is 0.507 e. The molecular formula is C23H22ClNO4. The van der Waals surface area contributed by atoms with Gasteiger partial charge >= 0.3 is 0 Å². The second-order valence-corrected chi connectivity index (χ2v) is 7.94. The van der Waals surface area contributed by atoms with Crippen molar-refractivity contribution in [1.82, 2.24) is 4.90 Å². The molecule has 0 aromatic heterocycles. The molecule has 2 fully saturated rings. The van der Waals surface area contributed by atoms with Gasteiger partial charge in [-0.2, -0.15) is 0 Å². The number of hydrogen-bond donors (Lipinski definition) is 1. The Kier molecular flexibility index (Phi) is 5.43. The van der Waals surface area contributed by atoms with E-state index in [4.69, 9.17) is 16.3 Å². The third-order valence-electron chi connectivity index (χ3n) is 5.48. The van der Waals surface area contributed by atoms with Crippen LogP contribution in [0.1, 0.15) is 35.6 Å². The minimum atomic E-state index is -0.683. The van der Waals surface area contributed by atoms with Crippen molar-refractivity contribution < 1.29 is 19.4 Å². The molecule has 2 saturated heterocycles. The van der Waals surface area contributed by atoms with E-state index in [1.54, 1.807) is 36.4 Å². The Morgan fingerprint density at radius 1 is 1.14 bits per heavy atom. The van der Waals surface area contributed by atoms with Gasteiger partial charge in [0.25, 0.3) is 11.7 Å². The van der Waals surface area contributed by atoms with E-state index in [0.29, 0.717) is 23.7 Å².